The minimum atomic E-state index is -0.245. The first-order chi connectivity index (χ1) is 12.4. The topological polar surface area (TPSA) is 88.9 Å². The van der Waals surface area contributed by atoms with Gasteiger partial charge in [-0.25, -0.2) is 0 Å². The Balaban J connectivity index is 2.11. The third-order valence-electron chi connectivity index (χ3n) is 4.93. The molecule has 0 bridgehead atoms. The fraction of sp³-hybridized carbons (Fsp3) is 0.611. The molecule has 1 saturated heterocycles. The molecule has 146 valence electrons. The number of amides is 1. The number of ether oxygens (including phenoxy) is 2. The Morgan fingerprint density at radius 1 is 1.46 bits per heavy atom. The van der Waals surface area contributed by atoms with Gasteiger partial charge in [-0.3, -0.25) is 9.69 Å². The number of rotatable bonds is 7. The number of hydrogen-bond donors (Lipinski definition) is 3. The number of carbonyl (C=O) groups is 1. The van der Waals surface area contributed by atoms with Gasteiger partial charge in [-0.2, -0.15) is 0 Å². The number of carbonyl (C=O) groups excluding carboxylic acids is 1. The number of piperidine rings is 1. The smallest absolute Gasteiger partial charge is 0.255 e. The van der Waals surface area contributed by atoms with Crippen LogP contribution in [0.15, 0.2) is 12.1 Å². The highest BCUT2D eigenvalue weighted by Crippen LogP contribution is 2.29. The number of likely N-dealkylation sites (tertiary alicyclic amines) is 1. The van der Waals surface area contributed by atoms with Gasteiger partial charge >= 0.3 is 0 Å². The molecule has 1 amide bonds. The van der Waals surface area contributed by atoms with E-state index in [4.69, 9.17) is 26.8 Å². The van der Waals surface area contributed by atoms with Crippen LogP contribution in [0.1, 0.15) is 30.1 Å². The van der Waals surface area contributed by atoms with Crippen LogP contribution in [0.2, 0.25) is 5.02 Å². The molecule has 4 N–H and O–H groups in total. The second-order valence-electron chi connectivity index (χ2n) is 6.42. The van der Waals surface area contributed by atoms with Crippen LogP contribution in [0.4, 0.5) is 5.69 Å². The van der Waals surface area contributed by atoms with E-state index in [1.54, 1.807) is 13.2 Å². The van der Waals surface area contributed by atoms with Gasteiger partial charge in [0.2, 0.25) is 0 Å². The van der Waals surface area contributed by atoms with Crippen LogP contribution in [0.25, 0.3) is 0 Å². The molecule has 8 heteroatoms. The number of nitrogens with one attached hydrogen (secondary N) is 2. The van der Waals surface area contributed by atoms with E-state index < -0.39 is 0 Å². The zero-order valence-electron chi connectivity index (χ0n) is 15.8. The largest absolute Gasteiger partial charge is 0.496 e. The van der Waals surface area contributed by atoms with Crippen molar-refractivity contribution in [1.29, 1.82) is 0 Å². The quantitative estimate of drug-likeness (QED) is 0.620. The first-order valence-corrected chi connectivity index (χ1v) is 9.20. The van der Waals surface area contributed by atoms with Gasteiger partial charge in [-0.05, 0) is 26.0 Å². The second-order valence-corrected chi connectivity index (χ2v) is 6.83. The Morgan fingerprint density at radius 3 is 2.77 bits per heavy atom. The van der Waals surface area contributed by atoms with E-state index in [2.05, 4.69) is 22.5 Å². The summed E-state index contributed by atoms with van der Waals surface area (Å²) in [5.41, 5.74) is 6.53. The van der Waals surface area contributed by atoms with Gasteiger partial charge in [0.25, 0.3) is 5.91 Å². The predicted octanol–water partition coefficient (Wildman–Crippen LogP) is 1.71. The van der Waals surface area contributed by atoms with E-state index in [0.29, 0.717) is 28.2 Å². The van der Waals surface area contributed by atoms with Crippen LogP contribution in [-0.2, 0) is 4.74 Å². The van der Waals surface area contributed by atoms with Crippen LogP contribution in [0.3, 0.4) is 0 Å². The van der Waals surface area contributed by atoms with E-state index in [1.165, 1.54) is 13.2 Å². The number of anilines is 1. The first-order valence-electron chi connectivity index (χ1n) is 8.83. The molecule has 2 rings (SSSR count). The average molecular weight is 385 g/mol. The lowest BCUT2D eigenvalue weighted by Crippen LogP contribution is -2.58. The number of halogens is 1. The molecule has 3 atom stereocenters. The molecule has 1 fully saturated rings. The third-order valence-corrected chi connectivity index (χ3v) is 5.26. The Bertz CT molecular complexity index is 625. The average Bonchev–Trinajstić information content (AvgIpc) is 2.65. The number of methoxy groups -OCH3 is 2. The molecule has 0 saturated carbocycles. The minimum absolute atomic E-state index is 0.0841. The van der Waals surface area contributed by atoms with E-state index in [0.717, 1.165) is 25.9 Å². The van der Waals surface area contributed by atoms with Crippen molar-refractivity contribution in [2.24, 2.45) is 0 Å². The highest BCUT2D eigenvalue weighted by Gasteiger charge is 2.33. The Morgan fingerprint density at radius 2 is 2.19 bits per heavy atom. The number of hydrogen-bond acceptors (Lipinski definition) is 6. The maximum absolute atomic E-state index is 12.8. The van der Waals surface area contributed by atoms with Crippen molar-refractivity contribution in [2.75, 3.05) is 40.1 Å². The lowest BCUT2D eigenvalue weighted by atomic mass is 10.00. The molecule has 1 heterocycles. The number of nitrogen functional groups attached to an aromatic ring is 1. The normalized spacial score (nSPS) is 22.0. The van der Waals surface area contributed by atoms with E-state index >= 15 is 0 Å². The fourth-order valence-corrected chi connectivity index (χ4v) is 3.60. The van der Waals surface area contributed by atoms with Gasteiger partial charge in [0, 0.05) is 26.3 Å². The maximum Gasteiger partial charge on any atom is 0.255 e. The summed E-state index contributed by atoms with van der Waals surface area (Å²) in [7, 11) is 5.13. The molecule has 26 heavy (non-hydrogen) atoms. The van der Waals surface area contributed by atoms with Crippen LogP contribution in [-0.4, -0.2) is 63.5 Å². The predicted molar refractivity (Wildman–Crippen MR) is 104 cm³/mol. The molecule has 0 spiro atoms. The summed E-state index contributed by atoms with van der Waals surface area (Å²) in [4.78, 5) is 15.1. The van der Waals surface area contributed by atoms with Crippen LogP contribution < -0.4 is 21.1 Å². The van der Waals surface area contributed by atoms with Gasteiger partial charge in [-0.1, -0.05) is 18.5 Å². The maximum atomic E-state index is 12.8. The third kappa shape index (κ3) is 4.59. The zero-order valence-corrected chi connectivity index (χ0v) is 16.6. The Hall–Kier alpha value is -1.54. The van der Waals surface area contributed by atoms with Crippen molar-refractivity contribution in [2.45, 2.75) is 38.1 Å². The summed E-state index contributed by atoms with van der Waals surface area (Å²) < 4.78 is 10.9. The Labute approximate surface area is 160 Å². The summed E-state index contributed by atoms with van der Waals surface area (Å²) in [6.07, 6.45) is 2.02. The van der Waals surface area contributed by atoms with Crippen LogP contribution in [0.5, 0.6) is 5.75 Å². The summed E-state index contributed by atoms with van der Waals surface area (Å²) in [5, 5.41) is 6.70. The molecule has 1 aliphatic rings. The van der Waals surface area contributed by atoms with Crippen molar-refractivity contribution in [3.05, 3.63) is 22.7 Å². The molecular weight excluding hydrogens is 356 g/mol. The standard InChI is InChI=1S/C18H29ClN4O3/c1-5-17(21-2)23-7-6-14(16(10-23)26-4)22-18(24)11-8-12(19)13(20)9-15(11)25-3/h8-9,14,16-17,21H,5-7,10,20H2,1-4H3,(H,22,24). The minimum Gasteiger partial charge on any atom is -0.496 e. The molecular formula is C18H29ClN4O3. The number of benzene rings is 1. The second kappa shape index (κ2) is 9.41. The molecule has 0 aromatic heterocycles. The molecule has 1 aromatic rings. The van der Waals surface area contributed by atoms with E-state index in [1.807, 2.05) is 7.05 Å². The summed E-state index contributed by atoms with van der Waals surface area (Å²) >= 11 is 6.07. The molecule has 3 unspecified atom stereocenters. The fourth-order valence-electron chi connectivity index (χ4n) is 3.43. The first kappa shape index (κ1) is 20.8. The van der Waals surface area contributed by atoms with E-state index in [-0.39, 0.29) is 18.1 Å². The van der Waals surface area contributed by atoms with Crippen molar-refractivity contribution in [3.63, 3.8) is 0 Å². The molecule has 0 aliphatic carbocycles. The van der Waals surface area contributed by atoms with Gasteiger partial charge in [0.05, 0.1) is 41.7 Å². The van der Waals surface area contributed by atoms with Gasteiger partial charge in [-0.15, -0.1) is 0 Å². The van der Waals surface area contributed by atoms with Gasteiger partial charge in [0.1, 0.15) is 5.75 Å². The molecule has 1 aliphatic heterocycles. The highest BCUT2D eigenvalue weighted by atomic mass is 35.5. The molecule has 1 aromatic carbocycles. The Kier molecular flexibility index (Phi) is 7.52. The molecule has 0 radical (unpaired) electrons. The number of nitrogens with zero attached hydrogens (tertiary/aromatic N) is 1. The van der Waals surface area contributed by atoms with Crippen molar-refractivity contribution in [1.82, 2.24) is 15.5 Å². The van der Waals surface area contributed by atoms with Crippen LogP contribution in [0, 0.1) is 0 Å². The van der Waals surface area contributed by atoms with Crippen molar-refractivity contribution in [3.8, 4) is 5.75 Å². The monoisotopic (exact) mass is 384 g/mol. The lowest BCUT2D eigenvalue weighted by molar-refractivity contribution is -0.0123. The zero-order chi connectivity index (χ0) is 19.3. The summed E-state index contributed by atoms with van der Waals surface area (Å²) in [5.74, 6) is 0.155. The lowest BCUT2D eigenvalue weighted by Gasteiger charge is -2.41. The van der Waals surface area contributed by atoms with Crippen LogP contribution >= 0.6 is 11.6 Å². The van der Waals surface area contributed by atoms with Crippen molar-refractivity contribution < 1.29 is 14.3 Å². The van der Waals surface area contributed by atoms with Gasteiger partial charge < -0.3 is 25.8 Å². The van der Waals surface area contributed by atoms with E-state index in [9.17, 15) is 4.79 Å². The van der Waals surface area contributed by atoms with Gasteiger partial charge in [0.15, 0.2) is 0 Å². The summed E-state index contributed by atoms with van der Waals surface area (Å²) in [6, 6.07) is 3.02. The molecule has 7 nitrogen and oxygen atoms in total. The summed E-state index contributed by atoms with van der Waals surface area (Å²) in [6.45, 7) is 3.78. The number of nitrogens with two attached hydrogens (primary N) is 1. The highest BCUT2D eigenvalue weighted by molar-refractivity contribution is 6.33. The SMILES string of the molecule is CCC(NC)N1CCC(NC(=O)c2cc(Cl)c(N)cc2OC)C(OC)C1. The van der Waals surface area contributed by atoms with Crippen molar-refractivity contribution >= 4 is 23.2 Å².